The van der Waals surface area contributed by atoms with E-state index >= 15 is 0 Å². The molecule has 0 bridgehead atoms. The molecule has 2 aliphatic heterocycles. The zero-order valence-electron chi connectivity index (χ0n) is 12.9. The van der Waals surface area contributed by atoms with Crippen LogP contribution < -0.4 is 5.32 Å². The van der Waals surface area contributed by atoms with Gasteiger partial charge in [-0.25, -0.2) is 0 Å². The van der Waals surface area contributed by atoms with Gasteiger partial charge in [-0.2, -0.15) is 0 Å². The van der Waals surface area contributed by atoms with Gasteiger partial charge in [-0.3, -0.25) is 4.79 Å². The zero-order chi connectivity index (χ0) is 14.5. The lowest BCUT2D eigenvalue weighted by Gasteiger charge is -2.35. The number of nitrogens with zero attached hydrogens (tertiary/aromatic N) is 1. The molecule has 1 spiro atoms. The first-order valence-electron chi connectivity index (χ1n) is 8.57. The van der Waals surface area contributed by atoms with Gasteiger partial charge in [0, 0.05) is 44.9 Å². The number of carbonyl (C=O) groups is 1. The van der Waals surface area contributed by atoms with Crippen molar-refractivity contribution in [3.63, 3.8) is 0 Å². The van der Waals surface area contributed by atoms with Crippen molar-refractivity contribution >= 4 is 5.91 Å². The van der Waals surface area contributed by atoms with Crippen molar-refractivity contribution in [3.8, 4) is 0 Å². The highest BCUT2D eigenvalue weighted by molar-refractivity contribution is 5.76. The van der Waals surface area contributed by atoms with Gasteiger partial charge in [0.25, 0.3) is 0 Å². The fourth-order valence-electron chi connectivity index (χ4n) is 3.73. The molecule has 5 nitrogen and oxygen atoms in total. The van der Waals surface area contributed by atoms with Gasteiger partial charge in [-0.05, 0) is 32.1 Å². The second-order valence-electron chi connectivity index (χ2n) is 6.53. The number of piperidine rings is 1. The molecule has 0 aromatic heterocycles. The lowest BCUT2D eigenvalue weighted by Crippen LogP contribution is -2.43. The van der Waals surface area contributed by atoms with E-state index in [-0.39, 0.29) is 5.79 Å². The fraction of sp³-hybridized carbons (Fsp3) is 0.938. The Morgan fingerprint density at radius 2 is 1.76 bits per heavy atom. The smallest absolute Gasteiger partial charge is 0.223 e. The monoisotopic (exact) mass is 296 g/mol. The lowest BCUT2D eigenvalue weighted by molar-refractivity contribution is -0.179. The number of hydrogen-bond donors (Lipinski definition) is 1. The highest BCUT2D eigenvalue weighted by Gasteiger charge is 2.40. The average molecular weight is 296 g/mol. The molecule has 1 amide bonds. The van der Waals surface area contributed by atoms with Crippen molar-refractivity contribution < 1.29 is 14.3 Å². The maximum absolute atomic E-state index is 12.1. The molecule has 1 aliphatic carbocycles. The van der Waals surface area contributed by atoms with Crippen LogP contribution in [0.15, 0.2) is 0 Å². The third-order valence-electron chi connectivity index (χ3n) is 5.04. The number of nitrogens with one attached hydrogen (secondary N) is 1. The molecular weight excluding hydrogens is 268 g/mol. The Balaban J connectivity index is 1.32. The first-order valence-corrected chi connectivity index (χ1v) is 8.57. The van der Waals surface area contributed by atoms with E-state index < -0.39 is 0 Å². The van der Waals surface area contributed by atoms with Crippen molar-refractivity contribution in [2.45, 2.75) is 63.2 Å². The molecule has 2 saturated heterocycles. The molecule has 2 heterocycles. The Kier molecular flexibility index (Phi) is 5.14. The summed E-state index contributed by atoms with van der Waals surface area (Å²) in [4.78, 5) is 14.1. The number of likely N-dealkylation sites (tertiary alicyclic amines) is 1. The molecule has 0 aromatic rings. The summed E-state index contributed by atoms with van der Waals surface area (Å²) >= 11 is 0. The van der Waals surface area contributed by atoms with E-state index in [4.69, 9.17) is 9.47 Å². The van der Waals surface area contributed by atoms with Gasteiger partial charge in [0.1, 0.15) is 0 Å². The van der Waals surface area contributed by atoms with Gasteiger partial charge < -0.3 is 19.7 Å². The average Bonchev–Trinajstić information content (AvgIpc) is 2.98. The molecule has 0 aromatic carbocycles. The minimum atomic E-state index is -0.276. The van der Waals surface area contributed by atoms with Gasteiger partial charge in [0.05, 0.1) is 13.2 Å². The van der Waals surface area contributed by atoms with Crippen molar-refractivity contribution in [3.05, 3.63) is 0 Å². The van der Waals surface area contributed by atoms with Crippen LogP contribution in [0.2, 0.25) is 0 Å². The van der Waals surface area contributed by atoms with E-state index in [1.807, 2.05) is 4.90 Å². The molecular formula is C16H28N2O3. The van der Waals surface area contributed by atoms with Crippen LogP contribution in [0.1, 0.15) is 51.4 Å². The van der Waals surface area contributed by atoms with Crippen LogP contribution >= 0.6 is 0 Å². The molecule has 3 aliphatic rings. The highest BCUT2D eigenvalue weighted by atomic mass is 16.7. The summed E-state index contributed by atoms with van der Waals surface area (Å²) in [7, 11) is 0. The van der Waals surface area contributed by atoms with Gasteiger partial charge in [0.2, 0.25) is 5.91 Å². The van der Waals surface area contributed by atoms with Crippen molar-refractivity contribution in [1.82, 2.24) is 10.2 Å². The molecule has 0 atom stereocenters. The zero-order valence-corrected chi connectivity index (χ0v) is 12.9. The molecule has 1 saturated carbocycles. The Hall–Kier alpha value is -0.650. The van der Waals surface area contributed by atoms with Gasteiger partial charge >= 0.3 is 0 Å². The quantitative estimate of drug-likeness (QED) is 0.857. The topological polar surface area (TPSA) is 50.8 Å². The molecule has 120 valence electrons. The van der Waals surface area contributed by atoms with Gasteiger partial charge in [0.15, 0.2) is 5.79 Å². The van der Waals surface area contributed by atoms with Gasteiger partial charge in [-0.15, -0.1) is 0 Å². The normalized spacial score (nSPS) is 26.4. The van der Waals surface area contributed by atoms with Gasteiger partial charge in [-0.1, -0.05) is 0 Å². The van der Waals surface area contributed by atoms with E-state index in [9.17, 15) is 4.79 Å². The number of amides is 1. The van der Waals surface area contributed by atoms with E-state index in [2.05, 4.69) is 5.32 Å². The summed E-state index contributed by atoms with van der Waals surface area (Å²) in [5.41, 5.74) is 0. The second-order valence-corrected chi connectivity index (χ2v) is 6.53. The van der Waals surface area contributed by atoms with Crippen LogP contribution in [-0.4, -0.2) is 55.5 Å². The molecule has 21 heavy (non-hydrogen) atoms. The van der Waals surface area contributed by atoms with Crippen LogP contribution in [-0.2, 0) is 14.3 Å². The summed E-state index contributed by atoms with van der Waals surface area (Å²) < 4.78 is 11.5. The van der Waals surface area contributed by atoms with Crippen molar-refractivity contribution in [2.24, 2.45) is 0 Å². The molecule has 3 fully saturated rings. The summed E-state index contributed by atoms with van der Waals surface area (Å²) in [5.74, 6) is 0.0406. The third kappa shape index (κ3) is 3.96. The van der Waals surface area contributed by atoms with Crippen LogP contribution in [0.4, 0.5) is 0 Å². The number of rotatable bonds is 4. The summed E-state index contributed by atoms with van der Waals surface area (Å²) in [5, 5.41) is 3.54. The minimum Gasteiger partial charge on any atom is -0.348 e. The maximum Gasteiger partial charge on any atom is 0.223 e. The fourth-order valence-corrected chi connectivity index (χ4v) is 3.73. The molecule has 0 radical (unpaired) electrons. The molecule has 5 heteroatoms. The predicted molar refractivity (Wildman–Crippen MR) is 79.9 cm³/mol. The first-order chi connectivity index (χ1) is 10.3. The van der Waals surface area contributed by atoms with E-state index in [1.54, 1.807) is 0 Å². The SMILES string of the molecule is O=C(CCNC1CCC2(CC1)OCCO2)N1CCCCC1. The predicted octanol–water partition coefficient (Wildman–Crippen LogP) is 1.66. The third-order valence-corrected chi connectivity index (χ3v) is 5.04. The number of hydrogen-bond acceptors (Lipinski definition) is 4. The largest absolute Gasteiger partial charge is 0.348 e. The minimum absolute atomic E-state index is 0.276. The van der Waals surface area contributed by atoms with Crippen LogP contribution in [0, 0.1) is 0 Å². The molecule has 1 N–H and O–H groups in total. The number of ether oxygens (including phenoxy) is 2. The standard InChI is InChI=1S/C16H28N2O3/c19-15(18-10-2-1-3-11-18)6-9-17-14-4-7-16(8-5-14)20-12-13-21-16/h14,17H,1-13H2. The second kappa shape index (κ2) is 7.07. The Bertz CT molecular complexity index is 339. The van der Waals surface area contributed by atoms with Crippen molar-refractivity contribution in [1.29, 1.82) is 0 Å². The van der Waals surface area contributed by atoms with Crippen molar-refractivity contribution in [2.75, 3.05) is 32.8 Å². The Morgan fingerprint density at radius 1 is 1.10 bits per heavy atom. The highest BCUT2D eigenvalue weighted by Crippen LogP contribution is 2.35. The Labute approximate surface area is 127 Å². The molecule has 0 unspecified atom stereocenters. The molecule has 3 rings (SSSR count). The Morgan fingerprint density at radius 3 is 2.43 bits per heavy atom. The van der Waals surface area contributed by atoms with E-state index in [0.717, 1.165) is 58.5 Å². The summed E-state index contributed by atoms with van der Waals surface area (Å²) in [6.45, 7) is 4.19. The maximum atomic E-state index is 12.1. The summed E-state index contributed by atoms with van der Waals surface area (Å²) in [6, 6.07) is 0.512. The van der Waals surface area contributed by atoms with E-state index in [1.165, 1.54) is 19.3 Å². The summed E-state index contributed by atoms with van der Waals surface area (Å²) in [6.07, 6.45) is 8.36. The van der Waals surface area contributed by atoms with Crippen LogP contribution in [0.25, 0.3) is 0 Å². The lowest BCUT2D eigenvalue weighted by atomic mass is 9.90. The first kappa shape index (κ1) is 15.3. The van der Waals surface area contributed by atoms with Crippen LogP contribution in [0.5, 0.6) is 0 Å². The van der Waals surface area contributed by atoms with Crippen LogP contribution in [0.3, 0.4) is 0 Å². The van der Waals surface area contributed by atoms with E-state index in [0.29, 0.717) is 18.4 Å². The number of carbonyl (C=O) groups excluding carboxylic acids is 1.